The van der Waals surface area contributed by atoms with Crippen LogP contribution in [0.15, 0.2) is 42.5 Å². The fraction of sp³-hybridized carbons (Fsp3) is 0.375. The van der Waals surface area contributed by atoms with Gasteiger partial charge in [-0.05, 0) is 55.9 Å². The highest BCUT2D eigenvalue weighted by atomic mass is 19.1. The summed E-state index contributed by atoms with van der Waals surface area (Å²) in [6.45, 7) is 5.74. The fourth-order valence-electron chi connectivity index (χ4n) is 4.03. The second kappa shape index (κ2) is 9.58. The zero-order chi connectivity index (χ0) is 22.7. The van der Waals surface area contributed by atoms with Gasteiger partial charge in [-0.3, -0.25) is 19.3 Å². The molecule has 0 unspecified atom stereocenters. The Morgan fingerprint density at radius 3 is 2.38 bits per heavy atom. The van der Waals surface area contributed by atoms with Gasteiger partial charge in [0.1, 0.15) is 5.82 Å². The number of hydrogen-bond acceptors (Lipinski definition) is 5. The summed E-state index contributed by atoms with van der Waals surface area (Å²) in [6.07, 6.45) is 0.850. The van der Waals surface area contributed by atoms with Crippen molar-refractivity contribution >= 4 is 17.7 Å². The van der Waals surface area contributed by atoms with Crippen LogP contribution < -0.4 is 5.32 Å². The van der Waals surface area contributed by atoms with Crippen molar-refractivity contribution in [3.05, 3.63) is 70.5 Å². The number of nitrogens with one attached hydrogen (secondary N) is 1. The lowest BCUT2D eigenvalue weighted by Crippen LogP contribution is -2.45. The highest BCUT2D eigenvalue weighted by Gasteiger charge is 2.36. The molecule has 0 atom stereocenters. The van der Waals surface area contributed by atoms with E-state index in [1.165, 1.54) is 24.3 Å². The molecule has 1 saturated heterocycles. The third kappa shape index (κ3) is 4.87. The molecule has 0 aliphatic carbocycles. The molecule has 7 nitrogen and oxygen atoms in total. The van der Waals surface area contributed by atoms with Gasteiger partial charge in [-0.2, -0.15) is 0 Å². The summed E-state index contributed by atoms with van der Waals surface area (Å²) >= 11 is 0. The van der Waals surface area contributed by atoms with E-state index >= 15 is 0 Å². The van der Waals surface area contributed by atoms with Crippen molar-refractivity contribution in [1.29, 1.82) is 0 Å². The van der Waals surface area contributed by atoms with E-state index in [0.717, 1.165) is 44.0 Å². The van der Waals surface area contributed by atoms with Crippen molar-refractivity contribution in [2.45, 2.75) is 13.0 Å². The average molecular weight is 439 g/mol. The van der Waals surface area contributed by atoms with E-state index in [1.807, 2.05) is 0 Å². The monoisotopic (exact) mass is 438 g/mol. The Bertz CT molecular complexity index is 1020. The maximum absolute atomic E-state index is 13.1. The number of benzene rings is 2. The number of nitrogens with zero attached hydrogens (tertiary/aromatic N) is 3. The molecule has 2 aliphatic heterocycles. The molecule has 2 heterocycles. The van der Waals surface area contributed by atoms with Gasteiger partial charge in [0, 0.05) is 38.3 Å². The van der Waals surface area contributed by atoms with Crippen molar-refractivity contribution in [3.8, 4) is 0 Å². The number of halogens is 1. The third-order valence-corrected chi connectivity index (χ3v) is 6.02. The molecular weight excluding hydrogens is 411 g/mol. The maximum atomic E-state index is 13.1. The van der Waals surface area contributed by atoms with Crippen LogP contribution in [-0.2, 0) is 6.54 Å². The Morgan fingerprint density at radius 1 is 0.969 bits per heavy atom. The van der Waals surface area contributed by atoms with Gasteiger partial charge >= 0.3 is 0 Å². The van der Waals surface area contributed by atoms with Crippen LogP contribution >= 0.6 is 0 Å². The number of imide groups is 1. The van der Waals surface area contributed by atoms with E-state index in [4.69, 9.17) is 0 Å². The summed E-state index contributed by atoms with van der Waals surface area (Å²) in [5.41, 5.74) is 1.51. The standard InChI is InChI=1S/C24H27FN4O3/c1-27-11-13-28(14-12-27)10-2-9-26-22(30)18-5-8-20-21(15-18)24(32)29(23(20)31)16-17-3-6-19(25)7-4-17/h3-8,15H,2,9-14,16H2,1H3,(H,26,30). The normalized spacial score (nSPS) is 17.0. The fourth-order valence-corrected chi connectivity index (χ4v) is 4.03. The molecule has 0 radical (unpaired) electrons. The molecule has 168 valence electrons. The van der Waals surface area contributed by atoms with Gasteiger partial charge in [0.05, 0.1) is 17.7 Å². The summed E-state index contributed by atoms with van der Waals surface area (Å²) in [5.74, 6) is -1.49. The quantitative estimate of drug-likeness (QED) is 0.529. The topological polar surface area (TPSA) is 73.0 Å². The Balaban J connectivity index is 1.33. The van der Waals surface area contributed by atoms with Gasteiger partial charge in [-0.25, -0.2) is 4.39 Å². The minimum Gasteiger partial charge on any atom is -0.352 e. The molecule has 2 aliphatic rings. The molecule has 2 aromatic carbocycles. The summed E-state index contributed by atoms with van der Waals surface area (Å²) in [7, 11) is 2.12. The van der Waals surface area contributed by atoms with Gasteiger partial charge in [-0.1, -0.05) is 12.1 Å². The lowest BCUT2D eigenvalue weighted by Gasteiger charge is -2.32. The third-order valence-electron chi connectivity index (χ3n) is 6.02. The number of carbonyl (C=O) groups excluding carboxylic acids is 3. The molecule has 32 heavy (non-hydrogen) atoms. The molecule has 2 aromatic rings. The maximum Gasteiger partial charge on any atom is 0.261 e. The number of carbonyl (C=O) groups is 3. The number of rotatable bonds is 7. The highest BCUT2D eigenvalue weighted by Crippen LogP contribution is 2.25. The van der Waals surface area contributed by atoms with Crippen LogP contribution in [0.4, 0.5) is 4.39 Å². The predicted molar refractivity (Wildman–Crippen MR) is 118 cm³/mol. The lowest BCUT2D eigenvalue weighted by molar-refractivity contribution is 0.0642. The first-order valence-corrected chi connectivity index (χ1v) is 10.9. The first-order chi connectivity index (χ1) is 15.4. The van der Waals surface area contributed by atoms with Crippen molar-refractivity contribution in [2.24, 2.45) is 0 Å². The zero-order valence-corrected chi connectivity index (χ0v) is 18.1. The van der Waals surface area contributed by atoms with Gasteiger partial charge < -0.3 is 15.1 Å². The smallest absolute Gasteiger partial charge is 0.261 e. The molecule has 3 amide bonds. The minimum atomic E-state index is -0.445. The summed E-state index contributed by atoms with van der Waals surface area (Å²) in [5, 5.41) is 2.90. The molecule has 0 spiro atoms. The van der Waals surface area contributed by atoms with Crippen molar-refractivity contribution < 1.29 is 18.8 Å². The van der Waals surface area contributed by atoms with Gasteiger partial charge in [0.2, 0.25) is 0 Å². The Kier molecular flexibility index (Phi) is 6.62. The number of piperazine rings is 1. The van der Waals surface area contributed by atoms with Crippen LogP contribution in [-0.4, -0.2) is 78.7 Å². The second-order valence-corrected chi connectivity index (χ2v) is 8.34. The van der Waals surface area contributed by atoms with Crippen molar-refractivity contribution in [3.63, 3.8) is 0 Å². The SMILES string of the molecule is CN1CCN(CCCNC(=O)c2ccc3c(c2)C(=O)N(Cc2ccc(F)cc2)C3=O)CC1. The van der Waals surface area contributed by atoms with E-state index in [9.17, 15) is 18.8 Å². The zero-order valence-electron chi connectivity index (χ0n) is 18.1. The molecule has 0 aromatic heterocycles. The van der Waals surface area contributed by atoms with Crippen LogP contribution in [0.2, 0.25) is 0 Å². The highest BCUT2D eigenvalue weighted by molar-refractivity contribution is 6.22. The lowest BCUT2D eigenvalue weighted by atomic mass is 10.1. The molecule has 1 N–H and O–H groups in total. The van der Waals surface area contributed by atoms with E-state index in [0.29, 0.717) is 17.7 Å². The van der Waals surface area contributed by atoms with E-state index in [-0.39, 0.29) is 29.4 Å². The molecule has 0 bridgehead atoms. The number of likely N-dealkylation sites (N-methyl/N-ethyl adjacent to an activating group) is 1. The van der Waals surface area contributed by atoms with Crippen molar-refractivity contribution in [1.82, 2.24) is 20.0 Å². The number of fused-ring (bicyclic) bond motifs is 1. The molecular formula is C24H27FN4O3. The molecule has 8 heteroatoms. The van der Waals surface area contributed by atoms with Gasteiger partial charge in [-0.15, -0.1) is 0 Å². The van der Waals surface area contributed by atoms with Crippen LogP contribution in [0.5, 0.6) is 0 Å². The minimum absolute atomic E-state index is 0.0560. The Morgan fingerprint density at radius 2 is 1.66 bits per heavy atom. The number of amides is 3. The predicted octanol–water partition coefficient (Wildman–Crippen LogP) is 1.99. The van der Waals surface area contributed by atoms with Crippen LogP contribution in [0.25, 0.3) is 0 Å². The first kappa shape index (κ1) is 22.1. The first-order valence-electron chi connectivity index (χ1n) is 10.9. The van der Waals surface area contributed by atoms with Crippen LogP contribution in [0.3, 0.4) is 0 Å². The largest absolute Gasteiger partial charge is 0.352 e. The van der Waals surface area contributed by atoms with Crippen LogP contribution in [0, 0.1) is 5.82 Å². The molecule has 0 saturated carbocycles. The summed E-state index contributed by atoms with van der Waals surface area (Å²) in [6, 6.07) is 10.2. The van der Waals surface area contributed by atoms with E-state index < -0.39 is 11.8 Å². The van der Waals surface area contributed by atoms with Gasteiger partial charge in [0.25, 0.3) is 17.7 Å². The van der Waals surface area contributed by atoms with Crippen LogP contribution in [0.1, 0.15) is 43.1 Å². The Hall–Kier alpha value is -3.10. The second-order valence-electron chi connectivity index (χ2n) is 8.34. The summed E-state index contributed by atoms with van der Waals surface area (Å²) in [4.78, 5) is 43.8. The summed E-state index contributed by atoms with van der Waals surface area (Å²) < 4.78 is 13.1. The van der Waals surface area contributed by atoms with E-state index in [2.05, 4.69) is 22.2 Å². The Labute approximate surface area is 186 Å². The van der Waals surface area contributed by atoms with E-state index in [1.54, 1.807) is 18.2 Å². The molecule has 1 fully saturated rings. The van der Waals surface area contributed by atoms with Crippen molar-refractivity contribution in [2.75, 3.05) is 46.3 Å². The van der Waals surface area contributed by atoms with Gasteiger partial charge in [0.15, 0.2) is 0 Å². The molecule has 4 rings (SSSR count). The number of hydrogen-bond donors (Lipinski definition) is 1. The average Bonchev–Trinajstić information content (AvgIpc) is 3.03.